The average Bonchev–Trinajstić information content (AvgIpc) is 2.30. The van der Waals surface area contributed by atoms with Gasteiger partial charge in [-0.05, 0) is 17.5 Å². The number of halogens is 3. The number of carbonyl (C=O) groups excluding carboxylic acids is 1. The second-order valence-electron chi connectivity index (χ2n) is 5.75. The maximum Gasteiger partial charge on any atom is 0.387 e. The van der Waals surface area contributed by atoms with Crippen LogP contribution in [-0.2, 0) is 4.79 Å². The number of nitrogens with one attached hydrogen (secondary N) is 1. The van der Waals surface area contributed by atoms with Crippen molar-refractivity contribution < 1.29 is 22.7 Å². The van der Waals surface area contributed by atoms with Crippen LogP contribution in [0.5, 0.6) is 5.75 Å². The van der Waals surface area contributed by atoms with Gasteiger partial charge in [0.25, 0.3) is 0 Å². The van der Waals surface area contributed by atoms with Crippen molar-refractivity contribution in [3.63, 3.8) is 0 Å². The number of anilines is 1. The molecule has 0 spiro atoms. The molecule has 1 aromatic rings. The molecule has 21 heavy (non-hydrogen) atoms. The number of carbonyl (C=O) groups is 1. The Bertz CT molecular complexity index is 501. The minimum absolute atomic E-state index is 0.0698. The lowest BCUT2D eigenvalue weighted by molar-refractivity contribution is -0.117. The van der Waals surface area contributed by atoms with Crippen molar-refractivity contribution in [2.75, 3.05) is 5.32 Å². The summed E-state index contributed by atoms with van der Waals surface area (Å²) in [6, 6.07) is 2.86. The third-order valence-corrected chi connectivity index (χ3v) is 2.95. The first-order valence-electron chi connectivity index (χ1n) is 6.39. The normalized spacial score (nSPS) is 13.1. The van der Waals surface area contributed by atoms with E-state index in [1.807, 2.05) is 20.8 Å². The van der Waals surface area contributed by atoms with Gasteiger partial charge in [-0.3, -0.25) is 4.79 Å². The van der Waals surface area contributed by atoms with E-state index in [1.165, 1.54) is 6.07 Å². The highest BCUT2D eigenvalue weighted by Crippen LogP contribution is 2.24. The maximum atomic E-state index is 13.5. The van der Waals surface area contributed by atoms with Crippen molar-refractivity contribution in [1.82, 2.24) is 0 Å². The van der Waals surface area contributed by atoms with Crippen LogP contribution in [0, 0.1) is 11.2 Å². The van der Waals surface area contributed by atoms with E-state index in [9.17, 15) is 18.0 Å². The molecule has 0 fully saturated rings. The van der Waals surface area contributed by atoms with Gasteiger partial charge in [0.1, 0.15) is 0 Å². The van der Waals surface area contributed by atoms with Crippen LogP contribution in [-0.4, -0.2) is 18.6 Å². The second-order valence-corrected chi connectivity index (χ2v) is 5.75. The van der Waals surface area contributed by atoms with Gasteiger partial charge >= 0.3 is 6.61 Å². The molecule has 0 aliphatic rings. The Morgan fingerprint density at radius 3 is 2.48 bits per heavy atom. The zero-order chi connectivity index (χ0) is 16.2. The second kappa shape index (κ2) is 6.80. The molecule has 118 valence electrons. The van der Waals surface area contributed by atoms with Gasteiger partial charge in [-0.2, -0.15) is 8.78 Å². The van der Waals surface area contributed by atoms with Crippen molar-refractivity contribution in [2.45, 2.75) is 39.8 Å². The Morgan fingerprint density at radius 2 is 2.00 bits per heavy atom. The molecule has 0 aliphatic heterocycles. The molecule has 3 N–H and O–H groups in total. The summed E-state index contributed by atoms with van der Waals surface area (Å²) in [6.45, 7) is 2.60. The zero-order valence-electron chi connectivity index (χ0n) is 12.1. The Labute approximate surface area is 121 Å². The number of nitrogens with two attached hydrogens (primary N) is 1. The van der Waals surface area contributed by atoms with Crippen LogP contribution in [0.4, 0.5) is 18.9 Å². The number of benzene rings is 1. The van der Waals surface area contributed by atoms with E-state index in [-0.39, 0.29) is 29.5 Å². The van der Waals surface area contributed by atoms with Gasteiger partial charge in [0, 0.05) is 24.2 Å². The van der Waals surface area contributed by atoms with Gasteiger partial charge in [-0.15, -0.1) is 0 Å². The first kappa shape index (κ1) is 17.3. The molecule has 0 bridgehead atoms. The van der Waals surface area contributed by atoms with Crippen LogP contribution in [0.2, 0.25) is 0 Å². The van der Waals surface area contributed by atoms with Gasteiger partial charge in [0.05, 0.1) is 0 Å². The first-order valence-corrected chi connectivity index (χ1v) is 6.39. The molecular formula is C14H19F3N2O2. The van der Waals surface area contributed by atoms with E-state index in [0.717, 1.165) is 12.1 Å². The molecule has 7 heteroatoms. The van der Waals surface area contributed by atoms with Crippen LogP contribution in [0.1, 0.15) is 27.2 Å². The summed E-state index contributed by atoms with van der Waals surface area (Å²) in [6.07, 6.45) is 0.0698. The predicted molar refractivity (Wildman–Crippen MR) is 73.7 cm³/mol. The Balaban J connectivity index is 2.67. The number of hydrogen-bond donors (Lipinski definition) is 2. The largest absolute Gasteiger partial charge is 0.432 e. The zero-order valence-corrected chi connectivity index (χ0v) is 12.1. The molecule has 0 radical (unpaired) electrons. The lowest BCUT2D eigenvalue weighted by Gasteiger charge is -2.26. The molecule has 0 saturated carbocycles. The number of rotatable bonds is 5. The van der Waals surface area contributed by atoms with Crippen molar-refractivity contribution in [1.29, 1.82) is 0 Å². The van der Waals surface area contributed by atoms with Crippen LogP contribution >= 0.6 is 0 Å². The topological polar surface area (TPSA) is 64.4 Å². The number of amides is 1. The highest BCUT2D eigenvalue weighted by molar-refractivity contribution is 5.91. The number of alkyl halides is 2. The molecule has 1 amide bonds. The van der Waals surface area contributed by atoms with Crippen LogP contribution in [0.3, 0.4) is 0 Å². The van der Waals surface area contributed by atoms with E-state index in [1.54, 1.807) is 0 Å². The average molecular weight is 304 g/mol. The quantitative estimate of drug-likeness (QED) is 0.878. The molecule has 0 saturated heterocycles. The van der Waals surface area contributed by atoms with E-state index < -0.39 is 18.2 Å². The molecule has 1 aromatic carbocycles. The highest BCUT2D eigenvalue weighted by atomic mass is 19.3. The third kappa shape index (κ3) is 5.63. The van der Waals surface area contributed by atoms with Gasteiger partial charge in [0.15, 0.2) is 11.6 Å². The fraction of sp³-hybridized carbons (Fsp3) is 0.500. The van der Waals surface area contributed by atoms with Gasteiger partial charge in [-0.25, -0.2) is 4.39 Å². The fourth-order valence-electron chi connectivity index (χ4n) is 1.49. The number of hydrogen-bond acceptors (Lipinski definition) is 3. The van der Waals surface area contributed by atoms with E-state index in [2.05, 4.69) is 10.1 Å². The monoisotopic (exact) mass is 304 g/mol. The highest BCUT2D eigenvalue weighted by Gasteiger charge is 2.23. The predicted octanol–water partition coefficient (Wildman–Crippen LogP) is 3.13. The molecule has 1 unspecified atom stereocenters. The summed E-state index contributed by atoms with van der Waals surface area (Å²) in [4.78, 5) is 11.8. The summed E-state index contributed by atoms with van der Waals surface area (Å²) in [7, 11) is 0. The molecular weight excluding hydrogens is 285 g/mol. The lowest BCUT2D eigenvalue weighted by atomic mass is 9.85. The minimum atomic E-state index is -3.11. The molecule has 4 nitrogen and oxygen atoms in total. The van der Waals surface area contributed by atoms with Crippen molar-refractivity contribution in [3.8, 4) is 5.75 Å². The maximum absolute atomic E-state index is 13.5. The van der Waals surface area contributed by atoms with E-state index in [0.29, 0.717) is 0 Å². The Morgan fingerprint density at radius 1 is 1.38 bits per heavy atom. The molecule has 1 rings (SSSR count). The molecule has 0 aliphatic carbocycles. The molecule has 0 heterocycles. The van der Waals surface area contributed by atoms with Crippen LogP contribution in [0.25, 0.3) is 0 Å². The summed E-state index contributed by atoms with van der Waals surface area (Å²) in [5.74, 6) is -1.93. The fourth-order valence-corrected chi connectivity index (χ4v) is 1.49. The SMILES string of the molecule is CC(C)(C)C(N)CC(=O)Nc1ccc(OC(F)F)c(F)c1. The molecule has 1 atom stereocenters. The third-order valence-electron chi connectivity index (χ3n) is 2.95. The first-order chi connectivity index (χ1) is 9.59. The molecule has 0 aromatic heterocycles. The summed E-state index contributed by atoms with van der Waals surface area (Å²) in [5.41, 5.74) is 5.79. The van der Waals surface area contributed by atoms with Crippen LogP contribution in [0.15, 0.2) is 18.2 Å². The van der Waals surface area contributed by atoms with Crippen LogP contribution < -0.4 is 15.8 Å². The smallest absolute Gasteiger partial charge is 0.387 e. The Kier molecular flexibility index (Phi) is 5.60. The Hall–Kier alpha value is -1.76. The van der Waals surface area contributed by atoms with Gasteiger partial charge < -0.3 is 15.8 Å². The van der Waals surface area contributed by atoms with Crippen molar-refractivity contribution in [3.05, 3.63) is 24.0 Å². The van der Waals surface area contributed by atoms with E-state index in [4.69, 9.17) is 5.73 Å². The number of ether oxygens (including phenoxy) is 1. The van der Waals surface area contributed by atoms with Gasteiger partial charge in [-0.1, -0.05) is 20.8 Å². The minimum Gasteiger partial charge on any atom is -0.432 e. The summed E-state index contributed by atoms with van der Waals surface area (Å²) in [5, 5.41) is 2.46. The van der Waals surface area contributed by atoms with Gasteiger partial charge in [0.2, 0.25) is 5.91 Å². The lowest BCUT2D eigenvalue weighted by Crippen LogP contribution is -2.38. The standard InChI is InChI=1S/C14H19F3N2O2/c1-14(2,3)11(18)7-12(20)19-8-4-5-10(9(15)6-8)21-13(16)17/h4-6,11,13H,7,18H2,1-3H3,(H,19,20). The van der Waals surface area contributed by atoms with E-state index >= 15 is 0 Å². The van der Waals surface area contributed by atoms with Crippen molar-refractivity contribution >= 4 is 11.6 Å². The summed E-state index contributed by atoms with van der Waals surface area (Å²) >= 11 is 0. The van der Waals surface area contributed by atoms with Crippen molar-refractivity contribution in [2.24, 2.45) is 11.1 Å². The summed E-state index contributed by atoms with van der Waals surface area (Å²) < 4.78 is 41.4.